The average molecular weight is 502 g/mol. The van der Waals surface area contributed by atoms with Crippen LogP contribution < -0.4 is 15.8 Å². The maximum absolute atomic E-state index is 13.6. The molecule has 1 amide bonds. The van der Waals surface area contributed by atoms with Gasteiger partial charge in [-0.3, -0.25) is 9.79 Å². The first-order valence-corrected chi connectivity index (χ1v) is 12.6. The Morgan fingerprint density at radius 1 is 1.32 bits per heavy atom. The van der Waals surface area contributed by atoms with Crippen LogP contribution in [-0.2, 0) is 17.6 Å². The van der Waals surface area contributed by atoms with Gasteiger partial charge in [0.2, 0.25) is 11.9 Å². The predicted molar refractivity (Wildman–Crippen MR) is 127 cm³/mol. The Morgan fingerprint density at radius 3 is 2.74 bits per heavy atom. The van der Waals surface area contributed by atoms with Gasteiger partial charge in [0.05, 0.1) is 12.1 Å². The minimum Gasteiger partial charge on any atom is -0.464 e. The minimum absolute atomic E-state index is 0.102. The number of hydrogen-bond acceptors (Lipinski definition) is 7. The summed E-state index contributed by atoms with van der Waals surface area (Å²) in [5.41, 5.74) is 6.48. The summed E-state index contributed by atoms with van der Waals surface area (Å²) in [6.45, 7) is 2.25. The van der Waals surface area contributed by atoms with Gasteiger partial charge in [0.25, 0.3) is 11.6 Å². The molecule has 1 aromatic heterocycles. The number of carbonyl (C=O) groups is 1. The van der Waals surface area contributed by atoms with Gasteiger partial charge in [-0.15, -0.1) is 0 Å². The fourth-order valence-electron chi connectivity index (χ4n) is 4.56. The van der Waals surface area contributed by atoms with E-state index in [4.69, 9.17) is 10.5 Å². The highest BCUT2D eigenvalue weighted by molar-refractivity contribution is 7.13. The third-order valence-corrected chi connectivity index (χ3v) is 7.56. The standard InChI is InChI=1S/C23H34F3N5O2S/c1-28-22(26)16(13-27)12-21(32)29-17-4-2-15(3-5-17)6-9-31-10-7-18-19(8-11-31)34-23(30-18)33-14-20(24)25/h13,15,17,20H,2-12,14,27H2,1H3,(H,29,32). The van der Waals surface area contributed by atoms with Crippen molar-refractivity contribution in [2.24, 2.45) is 16.6 Å². The number of thiazole rings is 1. The van der Waals surface area contributed by atoms with E-state index in [1.807, 2.05) is 0 Å². The van der Waals surface area contributed by atoms with E-state index in [9.17, 15) is 18.0 Å². The summed E-state index contributed by atoms with van der Waals surface area (Å²) in [7, 11) is 1.32. The summed E-state index contributed by atoms with van der Waals surface area (Å²) in [4.78, 5) is 23.7. The topological polar surface area (TPSA) is 92.8 Å². The van der Waals surface area contributed by atoms with Gasteiger partial charge in [0.1, 0.15) is 0 Å². The van der Waals surface area contributed by atoms with Crippen molar-refractivity contribution in [3.8, 4) is 5.19 Å². The second-order valence-corrected chi connectivity index (χ2v) is 9.90. The number of aromatic nitrogens is 1. The Balaban J connectivity index is 1.34. The number of ether oxygens (including phenoxy) is 1. The largest absolute Gasteiger partial charge is 0.464 e. The minimum atomic E-state index is -2.49. The number of halogens is 3. The van der Waals surface area contributed by atoms with Crippen LogP contribution in [0.25, 0.3) is 0 Å². The second kappa shape index (κ2) is 13.1. The third kappa shape index (κ3) is 7.97. The van der Waals surface area contributed by atoms with Crippen molar-refractivity contribution in [1.82, 2.24) is 15.2 Å². The molecular formula is C23H34F3N5O2S. The summed E-state index contributed by atoms with van der Waals surface area (Å²) in [5, 5.41) is 3.35. The Hall–Kier alpha value is -2.14. The number of nitrogens with zero attached hydrogens (tertiary/aromatic N) is 3. The molecule has 1 fully saturated rings. The zero-order valence-electron chi connectivity index (χ0n) is 19.6. The molecule has 3 rings (SSSR count). The van der Waals surface area contributed by atoms with Crippen LogP contribution in [0.5, 0.6) is 5.19 Å². The normalized spacial score (nSPS) is 22.4. The lowest BCUT2D eigenvalue weighted by Gasteiger charge is -2.30. The molecule has 2 heterocycles. The summed E-state index contributed by atoms with van der Waals surface area (Å²) < 4.78 is 43.3. The van der Waals surface area contributed by atoms with Crippen molar-refractivity contribution in [3.05, 3.63) is 22.3 Å². The number of aliphatic imine (C=N–C) groups is 1. The maximum atomic E-state index is 13.6. The zero-order valence-corrected chi connectivity index (χ0v) is 20.4. The average Bonchev–Trinajstić information content (AvgIpc) is 3.13. The summed E-state index contributed by atoms with van der Waals surface area (Å²) in [6.07, 6.45) is 5.26. The van der Waals surface area contributed by atoms with Crippen LogP contribution in [0.1, 0.15) is 49.1 Å². The first-order chi connectivity index (χ1) is 16.4. The smallest absolute Gasteiger partial charge is 0.273 e. The molecule has 2 aliphatic rings. The monoisotopic (exact) mass is 501 g/mol. The number of nitrogens with two attached hydrogens (primary N) is 1. The Bertz CT molecular complexity index is 843. The van der Waals surface area contributed by atoms with Gasteiger partial charge >= 0.3 is 0 Å². The molecule has 11 heteroatoms. The van der Waals surface area contributed by atoms with Gasteiger partial charge in [-0.1, -0.05) is 11.3 Å². The van der Waals surface area contributed by atoms with Crippen molar-refractivity contribution >= 4 is 23.2 Å². The van der Waals surface area contributed by atoms with Crippen LogP contribution in [0.3, 0.4) is 0 Å². The molecule has 1 aromatic rings. The van der Waals surface area contributed by atoms with Crippen molar-refractivity contribution in [2.75, 3.05) is 33.3 Å². The van der Waals surface area contributed by atoms with Crippen LogP contribution >= 0.6 is 11.3 Å². The molecule has 34 heavy (non-hydrogen) atoms. The van der Waals surface area contributed by atoms with E-state index in [1.54, 1.807) is 0 Å². The molecule has 1 aliphatic carbocycles. The van der Waals surface area contributed by atoms with Crippen LogP contribution in [0, 0.1) is 5.92 Å². The second-order valence-electron chi connectivity index (χ2n) is 8.85. The number of amides is 1. The van der Waals surface area contributed by atoms with Gasteiger partial charge in [-0.25, -0.2) is 13.8 Å². The van der Waals surface area contributed by atoms with Gasteiger partial charge in [-0.2, -0.15) is 4.39 Å². The quantitative estimate of drug-likeness (QED) is 0.479. The van der Waals surface area contributed by atoms with E-state index >= 15 is 0 Å². The van der Waals surface area contributed by atoms with E-state index in [2.05, 4.69) is 20.2 Å². The van der Waals surface area contributed by atoms with Gasteiger partial charge in [-0.05, 0) is 51.0 Å². The Kier molecular flexibility index (Phi) is 10.2. The molecular weight excluding hydrogens is 467 g/mol. The Morgan fingerprint density at radius 2 is 2.06 bits per heavy atom. The lowest BCUT2D eigenvalue weighted by atomic mass is 9.84. The zero-order chi connectivity index (χ0) is 24.5. The number of carbonyl (C=O) groups excluding carboxylic acids is 1. The van der Waals surface area contributed by atoms with Crippen molar-refractivity contribution in [2.45, 2.75) is 63.8 Å². The predicted octanol–water partition coefficient (Wildman–Crippen LogP) is 3.48. The lowest BCUT2D eigenvalue weighted by molar-refractivity contribution is -0.121. The Labute approximate surface area is 202 Å². The van der Waals surface area contributed by atoms with Gasteiger partial charge in [0.15, 0.2) is 6.61 Å². The van der Waals surface area contributed by atoms with Gasteiger partial charge in [0, 0.05) is 49.3 Å². The first kappa shape index (κ1) is 26.5. The fourth-order valence-corrected chi connectivity index (χ4v) is 5.51. The number of fused-ring (bicyclic) bond motifs is 1. The number of hydrogen-bond donors (Lipinski definition) is 2. The van der Waals surface area contributed by atoms with Gasteiger partial charge < -0.3 is 20.7 Å². The molecule has 0 atom stereocenters. The van der Waals surface area contributed by atoms with Crippen LogP contribution in [0.2, 0.25) is 0 Å². The van der Waals surface area contributed by atoms with E-state index < -0.39 is 19.0 Å². The number of nitrogens with one attached hydrogen (secondary N) is 1. The highest BCUT2D eigenvalue weighted by Crippen LogP contribution is 2.30. The third-order valence-electron chi connectivity index (χ3n) is 6.49. The van der Waals surface area contributed by atoms with Crippen LogP contribution in [0.4, 0.5) is 13.2 Å². The molecule has 0 radical (unpaired) electrons. The van der Waals surface area contributed by atoms with Crippen molar-refractivity contribution < 1.29 is 22.7 Å². The molecule has 7 nitrogen and oxygen atoms in total. The summed E-state index contributed by atoms with van der Waals surface area (Å²) >= 11 is 1.39. The molecule has 190 valence electrons. The molecule has 0 saturated heterocycles. The van der Waals surface area contributed by atoms with E-state index in [0.29, 0.717) is 11.1 Å². The van der Waals surface area contributed by atoms with E-state index in [1.165, 1.54) is 18.4 Å². The number of rotatable bonds is 10. The summed E-state index contributed by atoms with van der Waals surface area (Å²) in [6, 6.07) is 0.117. The fraction of sp³-hybridized carbons (Fsp3) is 0.696. The molecule has 0 bridgehead atoms. The molecule has 0 spiro atoms. The first-order valence-electron chi connectivity index (χ1n) is 11.8. The van der Waals surface area contributed by atoms with Crippen molar-refractivity contribution in [3.63, 3.8) is 0 Å². The number of alkyl halides is 2. The lowest BCUT2D eigenvalue weighted by Crippen LogP contribution is -2.38. The van der Waals surface area contributed by atoms with Crippen LogP contribution in [0.15, 0.2) is 16.8 Å². The van der Waals surface area contributed by atoms with E-state index in [-0.39, 0.29) is 23.9 Å². The highest BCUT2D eigenvalue weighted by atomic mass is 32.1. The maximum Gasteiger partial charge on any atom is 0.273 e. The summed E-state index contributed by atoms with van der Waals surface area (Å²) in [5.74, 6) is -0.310. The SMILES string of the molecule is CN=C(F)C(=CN)CC(=O)NC1CCC(CCN2CCc3nc(OCC(F)F)sc3CC2)CC1. The van der Waals surface area contributed by atoms with E-state index in [0.717, 1.165) is 81.4 Å². The highest BCUT2D eigenvalue weighted by Gasteiger charge is 2.25. The molecule has 1 aliphatic heterocycles. The molecule has 1 saturated carbocycles. The molecule has 0 aromatic carbocycles. The van der Waals surface area contributed by atoms with Crippen LogP contribution in [-0.4, -0.2) is 67.5 Å². The van der Waals surface area contributed by atoms with Crippen molar-refractivity contribution in [1.29, 1.82) is 0 Å². The molecule has 3 N–H and O–H groups in total. The molecule has 0 unspecified atom stereocenters.